The first-order chi connectivity index (χ1) is 14.8. The molecule has 6 nitrogen and oxygen atoms in total. The van der Waals surface area contributed by atoms with Crippen molar-refractivity contribution < 1.29 is 17.9 Å². The molecule has 31 heavy (non-hydrogen) atoms. The summed E-state index contributed by atoms with van der Waals surface area (Å²) in [6, 6.07) is 5.52. The highest BCUT2D eigenvalue weighted by Crippen LogP contribution is 2.39. The Hall–Kier alpha value is -0.860. The molecule has 0 unspecified atom stereocenters. The third kappa shape index (κ3) is 6.14. The Kier molecular flexibility index (Phi) is 8.66. The monoisotopic (exact) mass is 490 g/mol. The van der Waals surface area contributed by atoms with E-state index < -0.39 is 10.0 Å². The van der Waals surface area contributed by atoms with Gasteiger partial charge in [-0.05, 0) is 49.8 Å². The van der Waals surface area contributed by atoms with Crippen LogP contribution < -0.4 is 5.32 Å². The number of nitrogens with one attached hydrogen (secondary N) is 1. The number of unbranched alkanes of at least 4 members (excludes halogenated alkanes) is 1. The molecule has 174 valence electrons. The number of ether oxygens (including phenoxy) is 1. The van der Waals surface area contributed by atoms with Gasteiger partial charge in [0.2, 0.25) is 15.9 Å². The third-order valence-electron chi connectivity index (χ3n) is 6.53. The van der Waals surface area contributed by atoms with Crippen LogP contribution >= 0.6 is 23.2 Å². The van der Waals surface area contributed by atoms with Crippen LogP contribution in [0.1, 0.15) is 51.0 Å². The minimum Gasteiger partial charge on any atom is -0.381 e. The van der Waals surface area contributed by atoms with Crippen molar-refractivity contribution in [2.75, 3.05) is 38.6 Å². The van der Waals surface area contributed by atoms with Crippen LogP contribution in [0.2, 0.25) is 10.0 Å². The van der Waals surface area contributed by atoms with E-state index in [2.05, 4.69) is 5.32 Å². The normalized spacial score (nSPS) is 20.5. The summed E-state index contributed by atoms with van der Waals surface area (Å²) in [5.41, 5.74) is 0.693. The minimum absolute atomic E-state index is 0.0124. The maximum atomic E-state index is 12.9. The SMILES string of the molecule is CCCCS(=O)(=O)N1CCC(C(=O)NCC2(c3ccc(Cl)cc3Cl)CCOCC2)CC1. The van der Waals surface area contributed by atoms with E-state index in [1.165, 1.54) is 0 Å². The summed E-state index contributed by atoms with van der Waals surface area (Å²) in [7, 11) is -3.22. The molecule has 1 aromatic rings. The molecule has 2 aliphatic rings. The van der Waals surface area contributed by atoms with Gasteiger partial charge in [-0.2, -0.15) is 0 Å². The Bertz CT molecular complexity index is 864. The molecule has 2 fully saturated rings. The van der Waals surface area contributed by atoms with E-state index >= 15 is 0 Å². The molecule has 2 aliphatic heterocycles. The second-order valence-corrected chi connectivity index (χ2v) is 11.5. The van der Waals surface area contributed by atoms with E-state index in [1.807, 2.05) is 19.1 Å². The maximum absolute atomic E-state index is 12.9. The lowest BCUT2D eigenvalue weighted by Gasteiger charge is -2.39. The van der Waals surface area contributed by atoms with Crippen LogP contribution in [-0.4, -0.2) is 57.2 Å². The van der Waals surface area contributed by atoms with Gasteiger partial charge in [0, 0.05) is 54.2 Å². The van der Waals surface area contributed by atoms with Gasteiger partial charge >= 0.3 is 0 Å². The van der Waals surface area contributed by atoms with E-state index in [0.717, 1.165) is 24.8 Å². The summed E-state index contributed by atoms with van der Waals surface area (Å²) in [5, 5.41) is 4.33. The molecule has 0 spiro atoms. The van der Waals surface area contributed by atoms with Crippen LogP contribution in [0.4, 0.5) is 0 Å². The molecule has 1 N–H and O–H groups in total. The molecule has 0 aliphatic carbocycles. The first-order valence-electron chi connectivity index (χ1n) is 11.1. The Balaban J connectivity index is 1.61. The average Bonchev–Trinajstić information content (AvgIpc) is 2.77. The maximum Gasteiger partial charge on any atom is 0.223 e. The molecule has 2 saturated heterocycles. The first-order valence-corrected chi connectivity index (χ1v) is 13.4. The highest BCUT2D eigenvalue weighted by Gasteiger charge is 2.38. The zero-order valence-corrected chi connectivity index (χ0v) is 20.4. The van der Waals surface area contributed by atoms with Gasteiger partial charge in [-0.25, -0.2) is 12.7 Å². The second-order valence-electron chi connectivity index (χ2n) is 8.58. The predicted molar refractivity (Wildman–Crippen MR) is 124 cm³/mol. The van der Waals surface area contributed by atoms with Crippen molar-refractivity contribution in [2.45, 2.75) is 50.9 Å². The highest BCUT2D eigenvalue weighted by molar-refractivity contribution is 7.89. The van der Waals surface area contributed by atoms with Crippen LogP contribution in [0, 0.1) is 5.92 Å². The number of carbonyl (C=O) groups is 1. The lowest BCUT2D eigenvalue weighted by molar-refractivity contribution is -0.126. The number of hydrogen-bond acceptors (Lipinski definition) is 4. The van der Waals surface area contributed by atoms with Gasteiger partial charge < -0.3 is 10.1 Å². The van der Waals surface area contributed by atoms with Gasteiger partial charge in [0.25, 0.3) is 0 Å². The molecule has 1 aromatic carbocycles. The molecule has 0 radical (unpaired) electrons. The standard InChI is InChI=1S/C22H32Cl2N2O4S/c1-2-3-14-31(28,29)26-10-6-17(7-11-26)21(27)25-16-22(8-12-30-13-9-22)19-5-4-18(23)15-20(19)24/h4-5,15,17H,2-3,6-14,16H2,1H3,(H,25,27). The van der Waals surface area contributed by atoms with Gasteiger partial charge in [0.15, 0.2) is 0 Å². The molecule has 0 aromatic heterocycles. The Morgan fingerprint density at radius 1 is 1.23 bits per heavy atom. The number of nitrogens with zero attached hydrogens (tertiary/aromatic N) is 1. The van der Waals surface area contributed by atoms with Crippen molar-refractivity contribution >= 4 is 39.1 Å². The fourth-order valence-electron chi connectivity index (χ4n) is 4.48. The van der Waals surface area contributed by atoms with Gasteiger partial charge in [-0.1, -0.05) is 42.6 Å². The fourth-order valence-corrected chi connectivity index (χ4v) is 6.76. The van der Waals surface area contributed by atoms with Crippen LogP contribution in [-0.2, 0) is 25.0 Å². The van der Waals surface area contributed by atoms with E-state index in [0.29, 0.717) is 62.2 Å². The molecule has 3 rings (SSSR count). The quantitative estimate of drug-likeness (QED) is 0.597. The number of halogens is 2. The first kappa shape index (κ1) is 24.8. The number of piperidine rings is 1. The summed E-state index contributed by atoms with van der Waals surface area (Å²) in [5.74, 6) is 0.00376. The summed E-state index contributed by atoms with van der Waals surface area (Å²) >= 11 is 12.6. The molecule has 0 atom stereocenters. The molecule has 1 amide bonds. The van der Waals surface area contributed by atoms with E-state index in [-0.39, 0.29) is 23.0 Å². The molecular formula is C22H32Cl2N2O4S. The van der Waals surface area contributed by atoms with Crippen molar-refractivity contribution in [3.05, 3.63) is 33.8 Å². The average molecular weight is 491 g/mol. The fraction of sp³-hybridized carbons (Fsp3) is 0.682. The van der Waals surface area contributed by atoms with E-state index in [4.69, 9.17) is 27.9 Å². The topological polar surface area (TPSA) is 75.7 Å². The number of carbonyl (C=O) groups excluding carboxylic acids is 1. The van der Waals surface area contributed by atoms with E-state index in [1.54, 1.807) is 10.4 Å². The Labute approximate surface area is 195 Å². The van der Waals surface area contributed by atoms with Crippen LogP contribution in [0.25, 0.3) is 0 Å². The smallest absolute Gasteiger partial charge is 0.223 e. The second kappa shape index (κ2) is 10.8. The Morgan fingerprint density at radius 2 is 1.90 bits per heavy atom. The molecular weight excluding hydrogens is 459 g/mol. The molecule has 0 bridgehead atoms. The number of benzene rings is 1. The lowest BCUT2D eigenvalue weighted by atomic mass is 9.74. The van der Waals surface area contributed by atoms with Crippen LogP contribution in [0.15, 0.2) is 18.2 Å². The summed E-state index contributed by atoms with van der Waals surface area (Å²) in [6.07, 6.45) is 4.15. The number of amides is 1. The number of rotatable bonds is 8. The Morgan fingerprint density at radius 3 is 2.52 bits per heavy atom. The van der Waals surface area contributed by atoms with Crippen LogP contribution in [0.3, 0.4) is 0 Å². The highest BCUT2D eigenvalue weighted by atomic mass is 35.5. The van der Waals surface area contributed by atoms with E-state index in [9.17, 15) is 13.2 Å². The van der Waals surface area contributed by atoms with Crippen molar-refractivity contribution in [3.8, 4) is 0 Å². The predicted octanol–water partition coefficient (Wildman–Crippen LogP) is 4.00. The number of hydrogen-bond donors (Lipinski definition) is 1. The molecule has 0 saturated carbocycles. The minimum atomic E-state index is -3.22. The molecule has 2 heterocycles. The third-order valence-corrected chi connectivity index (χ3v) is 9.03. The zero-order valence-electron chi connectivity index (χ0n) is 18.0. The number of sulfonamides is 1. The van der Waals surface area contributed by atoms with Crippen LogP contribution in [0.5, 0.6) is 0 Å². The van der Waals surface area contributed by atoms with Crippen molar-refractivity contribution in [2.24, 2.45) is 5.92 Å². The zero-order chi connectivity index (χ0) is 22.5. The van der Waals surface area contributed by atoms with Gasteiger partial charge in [0.1, 0.15) is 0 Å². The van der Waals surface area contributed by atoms with Gasteiger partial charge in [-0.15, -0.1) is 0 Å². The van der Waals surface area contributed by atoms with Crippen molar-refractivity contribution in [1.82, 2.24) is 9.62 Å². The van der Waals surface area contributed by atoms with Crippen molar-refractivity contribution in [1.29, 1.82) is 0 Å². The lowest BCUT2D eigenvalue weighted by Crippen LogP contribution is -2.48. The largest absolute Gasteiger partial charge is 0.381 e. The van der Waals surface area contributed by atoms with Gasteiger partial charge in [0.05, 0.1) is 5.75 Å². The summed E-state index contributed by atoms with van der Waals surface area (Å²) < 4.78 is 31.9. The molecule has 9 heteroatoms. The summed E-state index contributed by atoms with van der Waals surface area (Å²) in [6.45, 7) is 4.50. The van der Waals surface area contributed by atoms with Crippen molar-refractivity contribution in [3.63, 3.8) is 0 Å². The summed E-state index contributed by atoms with van der Waals surface area (Å²) in [4.78, 5) is 12.9. The van der Waals surface area contributed by atoms with Gasteiger partial charge in [-0.3, -0.25) is 4.79 Å².